The molecule has 15 rings (SSSR count). The Morgan fingerprint density at radius 1 is 0.337 bits per heavy atom. The second-order valence-electron chi connectivity index (χ2n) is 21.0. The van der Waals surface area contributed by atoms with Gasteiger partial charge in [-0.2, -0.15) is 31.6 Å². The molecule has 0 unspecified atom stereocenters. The minimum atomic E-state index is 0. The van der Waals surface area contributed by atoms with Crippen LogP contribution in [0.25, 0.3) is 61.4 Å². The molecule has 0 aromatic heterocycles. The lowest BCUT2D eigenvalue weighted by Crippen LogP contribution is -2.19. The molecule has 0 saturated carbocycles. The van der Waals surface area contributed by atoms with E-state index in [0.29, 0.717) is 98.4 Å². The minimum absolute atomic E-state index is 0. The topological polar surface area (TPSA) is 215 Å². The highest BCUT2D eigenvalue weighted by Crippen LogP contribution is 2.60. The lowest BCUT2D eigenvalue weighted by Gasteiger charge is -2.36. The molecule has 12 aromatic carbocycles. The number of anilines is 8. The number of rotatable bonds is 2. The number of nitrogens with one attached hydrogen (secondary N) is 1. The van der Waals surface area contributed by atoms with Gasteiger partial charge in [0.1, 0.15) is 12.1 Å². The Kier molecular flexibility index (Phi) is 21.3. The molecule has 0 amide bonds. The summed E-state index contributed by atoms with van der Waals surface area (Å²) >= 11 is 12.1. The molecule has 12 aromatic rings. The summed E-state index contributed by atoms with van der Waals surface area (Å²) in [6.07, 6.45) is 0. The van der Waals surface area contributed by atoms with E-state index in [9.17, 15) is 10.5 Å². The van der Waals surface area contributed by atoms with Gasteiger partial charge in [-0.3, -0.25) is 0 Å². The fourth-order valence-corrected chi connectivity index (χ4v) is 12.6. The van der Waals surface area contributed by atoms with E-state index in [1.807, 2.05) is 180 Å². The van der Waals surface area contributed by atoms with E-state index in [1.165, 1.54) is 0 Å². The Balaban J connectivity index is 0.000000165. The second kappa shape index (κ2) is 30.8. The van der Waals surface area contributed by atoms with Crippen molar-refractivity contribution in [1.29, 1.82) is 31.6 Å². The lowest BCUT2D eigenvalue weighted by atomic mass is 9.93. The third-order valence-corrected chi connectivity index (χ3v) is 17.3. The van der Waals surface area contributed by atoms with Gasteiger partial charge in [-0.05, 0) is 148 Å². The van der Waals surface area contributed by atoms with Crippen LogP contribution in [0.5, 0.6) is 34.5 Å². The van der Waals surface area contributed by atoms with Crippen LogP contribution in [-0.2, 0) is 0 Å². The van der Waals surface area contributed by atoms with Crippen molar-refractivity contribution in [3.8, 4) is 70.9 Å². The van der Waals surface area contributed by atoms with Gasteiger partial charge in [0.15, 0.2) is 40.2 Å². The van der Waals surface area contributed by atoms with Crippen molar-refractivity contribution in [2.75, 3.05) is 15.1 Å². The van der Waals surface area contributed by atoms with Crippen LogP contribution < -0.4 is 29.3 Å². The zero-order valence-electron chi connectivity index (χ0n) is 51.0. The Morgan fingerprint density at radius 3 is 1.11 bits per heavy atom. The normalized spacial score (nSPS) is 10.7. The van der Waals surface area contributed by atoms with E-state index < -0.39 is 0 Å². The number of benzene rings is 12. The monoisotopic (exact) mass is 1560 g/mol. The van der Waals surface area contributed by atoms with E-state index in [1.54, 1.807) is 48.5 Å². The number of hydrogen-bond acceptors (Lipinski definition) is 12. The number of nitriles is 6. The number of halogens is 4. The van der Waals surface area contributed by atoms with Crippen molar-refractivity contribution in [2.45, 2.75) is 7.43 Å². The first kappa shape index (κ1) is 69.8. The molecule has 3 aliphatic rings. The van der Waals surface area contributed by atoms with Gasteiger partial charge < -0.3 is 29.3 Å². The maximum absolute atomic E-state index is 10.6. The summed E-state index contributed by atoms with van der Waals surface area (Å²) in [4.78, 5) is 24.8. The predicted molar refractivity (Wildman–Crippen MR) is 403 cm³/mol. The maximum atomic E-state index is 10.6. The molecule has 22 heteroatoms. The Hall–Kier alpha value is -14.0. The Labute approximate surface area is 611 Å². The van der Waals surface area contributed by atoms with Crippen LogP contribution >= 0.6 is 60.1 Å². The summed E-state index contributed by atoms with van der Waals surface area (Å²) in [6, 6.07) is 70.7. The molecule has 0 bridgehead atoms. The number of nitrogens with zero attached hydrogens (tertiary/aromatic N) is 14. The molecule has 0 spiro atoms. The molecule has 474 valence electrons. The van der Waals surface area contributed by atoms with Gasteiger partial charge in [0.2, 0.25) is 28.4 Å². The van der Waals surface area contributed by atoms with Gasteiger partial charge in [0, 0.05) is 42.9 Å². The van der Waals surface area contributed by atoms with Gasteiger partial charge in [0.05, 0.1) is 137 Å². The predicted octanol–water partition coefficient (Wildman–Crippen LogP) is 25.6. The summed E-state index contributed by atoms with van der Waals surface area (Å²) < 4.78 is 19.1. The number of ether oxygens (including phenoxy) is 3. The smallest absolute Gasteiger partial charge is 0.219 e. The summed E-state index contributed by atoms with van der Waals surface area (Å²) in [5.41, 5.74) is 7.95. The average molecular weight is 1560 g/mol. The lowest BCUT2D eigenvalue weighted by molar-refractivity contribution is 0.477. The third kappa shape index (κ3) is 13.0. The molecule has 3 heterocycles. The highest BCUT2D eigenvalue weighted by molar-refractivity contribution is 9.93. The van der Waals surface area contributed by atoms with Crippen molar-refractivity contribution in [3.63, 3.8) is 0 Å². The highest BCUT2D eigenvalue weighted by atomic mass is 80.9. The fraction of sp³-hybridized carbons (Fsp3) is 0.0127. The second-order valence-corrected chi connectivity index (χ2v) is 22.6. The summed E-state index contributed by atoms with van der Waals surface area (Å²) in [5.74, 6) is 4.05. The minimum Gasteiger partial charge on any atom is -0.453 e. The van der Waals surface area contributed by atoms with Crippen LogP contribution in [0.15, 0.2) is 203 Å². The molecular weight excluding hydrogens is 1530 g/mol. The van der Waals surface area contributed by atoms with E-state index in [4.69, 9.17) is 74.7 Å². The first-order chi connectivity index (χ1) is 48.9. The molecule has 3 aliphatic heterocycles. The third-order valence-electron chi connectivity index (χ3n) is 15.7. The van der Waals surface area contributed by atoms with E-state index in [0.717, 1.165) is 22.9 Å². The van der Waals surface area contributed by atoms with Crippen molar-refractivity contribution in [2.24, 2.45) is 0 Å². The molecule has 101 heavy (non-hydrogen) atoms. The molecule has 1 N–H and O–H groups in total. The van der Waals surface area contributed by atoms with Crippen molar-refractivity contribution in [1.82, 2.24) is 0 Å². The number of fused-ring (bicyclic) bond motifs is 9. The van der Waals surface area contributed by atoms with E-state index >= 15 is 0 Å². The highest BCUT2D eigenvalue weighted by Gasteiger charge is 2.35. The van der Waals surface area contributed by atoms with Gasteiger partial charge in [-0.15, -0.1) is 0 Å². The molecule has 0 radical (unpaired) electrons. The summed E-state index contributed by atoms with van der Waals surface area (Å²) in [5, 5.41) is 64.2. The van der Waals surface area contributed by atoms with Crippen LogP contribution in [0.3, 0.4) is 0 Å². The molecule has 0 aliphatic carbocycles. The molecular formula is C79H37Br4N15O3. The van der Waals surface area contributed by atoms with E-state index in [2.05, 4.69) is 107 Å². The largest absolute Gasteiger partial charge is 0.453 e. The van der Waals surface area contributed by atoms with Crippen molar-refractivity contribution < 1.29 is 14.2 Å². The van der Waals surface area contributed by atoms with Crippen molar-refractivity contribution in [3.05, 3.63) is 305 Å². The molecule has 0 fully saturated rings. The van der Waals surface area contributed by atoms with E-state index in [-0.39, 0.29) is 74.9 Å². The quantitative estimate of drug-likeness (QED) is 0.160. The van der Waals surface area contributed by atoms with Crippen LogP contribution in [0.1, 0.15) is 40.8 Å². The maximum Gasteiger partial charge on any atom is 0.219 e. The fourth-order valence-electron chi connectivity index (χ4n) is 11.3. The van der Waals surface area contributed by atoms with Gasteiger partial charge in [-0.25, -0.2) is 29.1 Å². The first-order valence-electron chi connectivity index (χ1n) is 28.9. The van der Waals surface area contributed by atoms with Crippen LogP contribution in [0, 0.1) is 107 Å². The number of para-hydroxylation sites is 12. The van der Waals surface area contributed by atoms with Gasteiger partial charge >= 0.3 is 0 Å². The summed E-state index contributed by atoms with van der Waals surface area (Å²) in [7, 11) is 0. The number of hydrogen-bond donors (Lipinski definition) is 1. The molecule has 0 saturated heterocycles. The first-order valence-corrected chi connectivity index (χ1v) is 34.2. The van der Waals surface area contributed by atoms with Gasteiger partial charge in [0.25, 0.3) is 0 Å². The van der Waals surface area contributed by atoms with Gasteiger partial charge in [-0.1, -0.05) is 118 Å². The Morgan fingerprint density at radius 2 is 0.693 bits per heavy atom. The zero-order valence-corrected chi connectivity index (χ0v) is 57.3. The van der Waals surface area contributed by atoms with Crippen LogP contribution in [0.2, 0.25) is 0 Å². The summed E-state index contributed by atoms with van der Waals surface area (Å²) in [6.45, 7) is 44.8. The SMILES string of the molecule is BrBr.C.[C-]#[N+]c1cc2c(Br)c([N+]#[C-])c(C#N)cc2c(Br)c1C#N.[C-]#[N+]c1cc2c(N3c4ccccc4Oc4ccccc43)c(C#N)c(C#N)cc2c(N2c3ccccc3Oc3ccccc32)c1[N+]#[C-].[C-]#[N+]c1cc2cc([N+]#[C-])c(C#N)cc2cc1C#N.c1ccc2c(c1)Nc1ccccc1O2. The van der Waals surface area contributed by atoms with Crippen LogP contribution in [-0.4, -0.2) is 0 Å². The van der Waals surface area contributed by atoms with Crippen molar-refractivity contribution >= 4 is 172 Å². The Bertz CT molecular complexity index is 5470. The molecule has 18 nitrogen and oxygen atoms in total. The molecule has 0 atom stereocenters. The average Bonchev–Trinajstić information content (AvgIpc) is 0.713. The van der Waals surface area contributed by atoms with Crippen LogP contribution in [0.4, 0.5) is 79.6 Å². The standard InChI is InChI=1S/C38H18N6O2.C14H2Br2N4.C14H4N4.C12H9NO.CH4.Br2/c1-41-27-20-25-24(38(36(27)42-2)44-30-13-5-9-17-34(30)46-35-18-10-6-14-31(35)44)19-23(21-39)26(22-40)37(25)43-28-11-3-7-15-32(28)45-33-16-8-4-12-29(33)43;1-19-11-4-9-8(12(15)10(11)6-18)3-7(5-17)14(20-2)13(9)16;1-17-13-5-10-6-14(18-2)12(8-16)4-9(10)3-11(13)7-15;1-3-7-11-9(5-1)13-10-6-2-4-8-12(10)14-11;;1-2/h3-20H;3-4H;3-6H;1-8,13H;1H4;. The zero-order chi connectivity index (χ0) is 70.7.